The van der Waals surface area contributed by atoms with E-state index >= 15 is 0 Å². The Labute approximate surface area is 160 Å². The van der Waals surface area contributed by atoms with Gasteiger partial charge in [0.05, 0.1) is 6.54 Å². The number of benzene rings is 1. The lowest BCUT2D eigenvalue weighted by Gasteiger charge is -2.22. The van der Waals surface area contributed by atoms with E-state index in [1.807, 2.05) is 6.07 Å². The number of likely N-dealkylation sites (tertiary alicyclic amines) is 1. The molecule has 0 bridgehead atoms. The van der Waals surface area contributed by atoms with Crippen LogP contribution in [0.2, 0.25) is 0 Å². The summed E-state index contributed by atoms with van der Waals surface area (Å²) in [6, 6.07) is 6.36. The van der Waals surface area contributed by atoms with Gasteiger partial charge in [0.1, 0.15) is 0 Å². The minimum atomic E-state index is 0. The Hall–Kier alpha value is -1.18. The first kappa shape index (κ1) is 17.6. The number of nitrogens with one attached hydrogen (secondary N) is 1. The number of ether oxygens (including phenoxy) is 2. The molecule has 132 valence electrons. The maximum absolute atomic E-state index is 5.53. The van der Waals surface area contributed by atoms with Gasteiger partial charge >= 0.3 is 0 Å². The van der Waals surface area contributed by atoms with E-state index in [9.17, 15) is 0 Å². The van der Waals surface area contributed by atoms with Crippen LogP contribution in [0.1, 0.15) is 38.2 Å². The zero-order valence-electron chi connectivity index (χ0n) is 14.2. The molecular weight excluding hydrogens is 417 g/mol. The third kappa shape index (κ3) is 3.43. The average Bonchev–Trinajstić information content (AvgIpc) is 3.00. The van der Waals surface area contributed by atoms with Crippen LogP contribution in [0.3, 0.4) is 0 Å². The lowest BCUT2D eigenvalue weighted by Crippen LogP contribution is -2.40. The number of hydrogen-bond donors (Lipinski definition) is 1. The molecule has 2 heterocycles. The molecule has 1 aromatic rings. The number of hydrogen-bond acceptors (Lipinski definition) is 3. The molecule has 1 saturated carbocycles. The third-order valence-electron chi connectivity index (χ3n) is 5.11. The molecule has 0 amide bonds. The van der Waals surface area contributed by atoms with Crippen molar-refractivity contribution in [3.8, 4) is 11.5 Å². The van der Waals surface area contributed by atoms with Gasteiger partial charge in [0.25, 0.3) is 0 Å². The molecule has 5 nitrogen and oxygen atoms in total. The van der Waals surface area contributed by atoms with Gasteiger partial charge in [-0.1, -0.05) is 6.07 Å². The van der Waals surface area contributed by atoms with Crippen LogP contribution in [0.4, 0.5) is 0 Å². The Kier molecular flexibility index (Phi) is 5.42. The SMILES string of the molecule is CCNC(=NCC1(c2ccc3c(c2)OCO3)CC1)N1CCCC1.I. The molecule has 3 aliphatic rings. The van der Waals surface area contributed by atoms with Crippen LogP contribution in [0.15, 0.2) is 23.2 Å². The van der Waals surface area contributed by atoms with Crippen LogP contribution in [-0.4, -0.2) is 43.8 Å². The van der Waals surface area contributed by atoms with Gasteiger partial charge in [-0.25, -0.2) is 0 Å². The summed E-state index contributed by atoms with van der Waals surface area (Å²) in [5, 5.41) is 3.45. The Morgan fingerprint density at radius 2 is 1.96 bits per heavy atom. The zero-order valence-corrected chi connectivity index (χ0v) is 16.5. The Bertz CT molecular complexity index is 610. The fourth-order valence-corrected chi connectivity index (χ4v) is 3.50. The first-order chi connectivity index (χ1) is 11.3. The van der Waals surface area contributed by atoms with Crippen molar-refractivity contribution < 1.29 is 9.47 Å². The lowest BCUT2D eigenvalue weighted by atomic mass is 9.96. The Morgan fingerprint density at radius 3 is 2.67 bits per heavy atom. The summed E-state index contributed by atoms with van der Waals surface area (Å²) in [4.78, 5) is 7.35. The topological polar surface area (TPSA) is 46.1 Å². The minimum absolute atomic E-state index is 0. The highest BCUT2D eigenvalue weighted by Crippen LogP contribution is 2.50. The zero-order chi connectivity index (χ0) is 15.7. The number of halogens is 1. The number of guanidine groups is 1. The van der Waals surface area contributed by atoms with E-state index in [1.54, 1.807) is 0 Å². The molecule has 1 saturated heterocycles. The van der Waals surface area contributed by atoms with Crippen molar-refractivity contribution in [1.29, 1.82) is 0 Å². The van der Waals surface area contributed by atoms with E-state index in [0.717, 1.165) is 43.6 Å². The fourth-order valence-electron chi connectivity index (χ4n) is 3.50. The molecule has 1 aliphatic carbocycles. The molecule has 0 unspecified atom stereocenters. The number of aliphatic imine (C=N–C) groups is 1. The summed E-state index contributed by atoms with van der Waals surface area (Å²) in [6.45, 7) is 6.50. The van der Waals surface area contributed by atoms with Crippen molar-refractivity contribution in [3.63, 3.8) is 0 Å². The highest BCUT2D eigenvalue weighted by molar-refractivity contribution is 14.0. The average molecular weight is 443 g/mol. The van der Waals surface area contributed by atoms with Crippen LogP contribution in [-0.2, 0) is 5.41 Å². The predicted molar refractivity (Wildman–Crippen MR) is 106 cm³/mol. The summed E-state index contributed by atoms with van der Waals surface area (Å²) in [5.41, 5.74) is 1.53. The van der Waals surface area contributed by atoms with Gasteiger partial charge in [0.2, 0.25) is 6.79 Å². The van der Waals surface area contributed by atoms with Crippen molar-refractivity contribution >= 4 is 29.9 Å². The summed E-state index contributed by atoms with van der Waals surface area (Å²) in [7, 11) is 0. The summed E-state index contributed by atoms with van der Waals surface area (Å²) < 4.78 is 10.9. The first-order valence-corrected chi connectivity index (χ1v) is 8.74. The van der Waals surface area contributed by atoms with Crippen LogP contribution < -0.4 is 14.8 Å². The summed E-state index contributed by atoms with van der Waals surface area (Å²) >= 11 is 0. The van der Waals surface area contributed by atoms with Crippen LogP contribution in [0.25, 0.3) is 0 Å². The van der Waals surface area contributed by atoms with E-state index in [0.29, 0.717) is 6.79 Å². The van der Waals surface area contributed by atoms with Gasteiger partial charge in [-0.15, -0.1) is 24.0 Å². The predicted octanol–water partition coefficient (Wildman–Crippen LogP) is 3.13. The summed E-state index contributed by atoms with van der Waals surface area (Å²) in [5.74, 6) is 2.82. The molecule has 0 aromatic heterocycles. The highest BCUT2D eigenvalue weighted by atomic mass is 127. The molecule has 6 heteroatoms. The monoisotopic (exact) mass is 443 g/mol. The number of rotatable bonds is 4. The second kappa shape index (κ2) is 7.37. The number of nitrogens with zero attached hydrogens (tertiary/aromatic N) is 2. The lowest BCUT2D eigenvalue weighted by molar-refractivity contribution is 0.174. The maximum atomic E-state index is 5.53. The van der Waals surface area contributed by atoms with Gasteiger partial charge in [-0.3, -0.25) is 4.99 Å². The molecule has 0 radical (unpaired) electrons. The highest BCUT2D eigenvalue weighted by Gasteiger charge is 2.45. The number of fused-ring (bicyclic) bond motifs is 1. The van der Waals surface area contributed by atoms with Gasteiger partial charge in [-0.05, 0) is 50.3 Å². The quantitative estimate of drug-likeness (QED) is 0.442. The second-order valence-corrected chi connectivity index (χ2v) is 6.71. The van der Waals surface area contributed by atoms with Crippen molar-refractivity contribution in [2.75, 3.05) is 33.0 Å². The van der Waals surface area contributed by atoms with E-state index in [4.69, 9.17) is 14.5 Å². The smallest absolute Gasteiger partial charge is 0.231 e. The van der Waals surface area contributed by atoms with Crippen molar-refractivity contribution in [2.24, 2.45) is 4.99 Å². The summed E-state index contributed by atoms with van der Waals surface area (Å²) in [6.07, 6.45) is 4.96. The molecule has 4 rings (SSSR count). The molecule has 2 fully saturated rings. The molecule has 1 N–H and O–H groups in total. The van der Waals surface area contributed by atoms with Gasteiger partial charge in [0.15, 0.2) is 17.5 Å². The molecule has 0 spiro atoms. The second-order valence-electron chi connectivity index (χ2n) is 6.71. The first-order valence-electron chi connectivity index (χ1n) is 8.74. The maximum Gasteiger partial charge on any atom is 0.231 e. The van der Waals surface area contributed by atoms with E-state index in [2.05, 4.69) is 29.3 Å². The largest absolute Gasteiger partial charge is 0.454 e. The molecule has 24 heavy (non-hydrogen) atoms. The van der Waals surface area contributed by atoms with Gasteiger partial charge in [-0.2, -0.15) is 0 Å². The van der Waals surface area contributed by atoms with Crippen LogP contribution in [0, 0.1) is 0 Å². The normalized spacial score (nSPS) is 20.7. The standard InChI is InChI=1S/C18H25N3O2.HI/c1-2-19-17(21-9-3-4-10-21)20-12-18(7-8-18)14-5-6-15-16(11-14)23-13-22-15;/h5-6,11H,2-4,7-10,12-13H2,1H3,(H,19,20);1H. The van der Waals surface area contributed by atoms with E-state index in [1.165, 1.54) is 31.2 Å². The molecule has 2 aliphatic heterocycles. The van der Waals surface area contributed by atoms with Crippen molar-refractivity contribution in [3.05, 3.63) is 23.8 Å². The Morgan fingerprint density at radius 1 is 1.21 bits per heavy atom. The molecule has 1 aromatic carbocycles. The van der Waals surface area contributed by atoms with Crippen LogP contribution in [0.5, 0.6) is 11.5 Å². The van der Waals surface area contributed by atoms with E-state index in [-0.39, 0.29) is 29.4 Å². The van der Waals surface area contributed by atoms with Crippen molar-refractivity contribution in [2.45, 2.75) is 38.0 Å². The molecule has 0 atom stereocenters. The molecular formula is C18H26IN3O2. The van der Waals surface area contributed by atoms with Gasteiger partial charge in [0, 0.05) is 25.0 Å². The van der Waals surface area contributed by atoms with Crippen molar-refractivity contribution in [1.82, 2.24) is 10.2 Å². The van der Waals surface area contributed by atoms with Gasteiger partial charge < -0.3 is 19.7 Å². The van der Waals surface area contributed by atoms with E-state index < -0.39 is 0 Å². The third-order valence-corrected chi connectivity index (χ3v) is 5.11. The fraction of sp³-hybridized carbons (Fsp3) is 0.611. The minimum Gasteiger partial charge on any atom is -0.454 e. The Balaban J connectivity index is 0.00000169. The van der Waals surface area contributed by atoms with Crippen LogP contribution >= 0.6 is 24.0 Å².